The Hall–Kier alpha value is -4.07. The summed E-state index contributed by atoms with van der Waals surface area (Å²) in [6.07, 6.45) is 2.26. The molecule has 0 N–H and O–H groups in total. The smallest absolute Gasteiger partial charge is 0.185 e. The first-order valence-corrected chi connectivity index (χ1v) is 12.6. The van der Waals surface area contributed by atoms with Gasteiger partial charge < -0.3 is 20.4 Å². The van der Waals surface area contributed by atoms with Crippen molar-refractivity contribution in [2.24, 2.45) is 0 Å². The summed E-state index contributed by atoms with van der Waals surface area (Å²) in [6.45, 7) is 3.14. The Morgan fingerprint density at radius 1 is 0.488 bits per heavy atom. The number of ketones is 2. The molecule has 0 unspecified atom stereocenters. The van der Waals surface area contributed by atoms with E-state index in [0.717, 1.165) is 12.2 Å². The van der Waals surface area contributed by atoms with E-state index >= 15 is 0 Å². The van der Waals surface area contributed by atoms with Gasteiger partial charge in [-0.2, -0.15) is 0 Å². The molecule has 0 saturated heterocycles. The third-order valence-corrected chi connectivity index (χ3v) is 4.76. The van der Waals surface area contributed by atoms with Crippen LogP contribution in [0.3, 0.4) is 0 Å². The quantitative estimate of drug-likeness (QED) is 0.148. The summed E-state index contributed by atoms with van der Waals surface area (Å²) >= 11 is 0. The van der Waals surface area contributed by atoms with E-state index in [4.69, 9.17) is 10.2 Å². The average molecular weight is 584 g/mol. The largest absolute Gasteiger partial charge is 0.872 e. The zero-order valence-corrected chi connectivity index (χ0v) is 24.6. The number of hydrogen-bond acceptors (Lipinski definition) is 6. The maximum absolute atomic E-state index is 11.8. The first-order valence-electron chi connectivity index (χ1n) is 12.6. The molecule has 0 aromatic heterocycles. The number of allylic oxidation sites excluding steroid dienone is 2. The third-order valence-electron chi connectivity index (χ3n) is 4.76. The minimum absolute atomic E-state index is 0. The van der Waals surface area contributed by atoms with Gasteiger partial charge in [0.2, 0.25) is 0 Å². The summed E-state index contributed by atoms with van der Waals surface area (Å²) in [6, 6.07) is 35.0. The van der Waals surface area contributed by atoms with Crippen molar-refractivity contribution in [1.82, 2.24) is 0 Å². The second kappa shape index (κ2) is 22.7. The van der Waals surface area contributed by atoms with Crippen LogP contribution in [0, 0.1) is 0 Å². The zero-order valence-electron chi connectivity index (χ0n) is 23.1. The fourth-order valence-corrected chi connectivity index (χ4v) is 2.98. The first-order chi connectivity index (χ1) is 19.4. The van der Waals surface area contributed by atoms with Gasteiger partial charge in [0.15, 0.2) is 11.6 Å². The van der Waals surface area contributed by atoms with Gasteiger partial charge >= 0.3 is 0 Å². The second-order valence-electron chi connectivity index (χ2n) is 7.79. The molecule has 0 aliphatic carbocycles. The molecule has 0 aliphatic rings. The molecule has 0 atom stereocenters. The van der Waals surface area contributed by atoms with Gasteiger partial charge in [0.05, 0.1) is 0 Å². The molecule has 0 saturated carbocycles. The number of benzene rings is 4. The molecule has 0 bridgehead atoms. The zero-order chi connectivity index (χ0) is 29.6. The summed E-state index contributed by atoms with van der Waals surface area (Å²) in [5.74, 6) is -1.06. The van der Waals surface area contributed by atoms with E-state index in [1.165, 1.54) is 0 Å². The maximum Gasteiger partial charge on any atom is 0.185 e. The Labute approximate surface area is 256 Å². The molecular formula is C34H32O6Ti-4. The van der Waals surface area contributed by atoms with Crippen LogP contribution in [-0.4, -0.2) is 24.8 Å². The van der Waals surface area contributed by atoms with Gasteiger partial charge in [-0.3, -0.25) is 9.59 Å². The molecule has 212 valence electrons. The van der Waals surface area contributed by atoms with Crippen molar-refractivity contribution in [3.05, 3.63) is 156 Å². The average Bonchev–Trinajstić information content (AvgIpc) is 3.00. The van der Waals surface area contributed by atoms with Crippen LogP contribution in [-0.2, 0) is 21.7 Å². The first kappa shape index (κ1) is 36.9. The number of hydrogen-bond donors (Lipinski definition) is 0. The fourth-order valence-electron chi connectivity index (χ4n) is 2.98. The van der Waals surface area contributed by atoms with E-state index in [0.29, 0.717) is 22.3 Å². The standard InChI is InChI=1S/2C15H12O2.2C2H5O.Ti/c2*16-14(12-7-3-1-4-8-12)11-15(17)13-9-5-2-6-10-13;2*1-2-3;/h2*1-11,16H;2*2H2,1H3;/q;;2*-1;/p-2/b2*14-11-;;;. The van der Waals surface area contributed by atoms with Crippen LogP contribution < -0.4 is 20.4 Å². The van der Waals surface area contributed by atoms with Gasteiger partial charge in [0.1, 0.15) is 0 Å². The predicted octanol–water partition coefficient (Wildman–Crippen LogP) is 3.27. The molecule has 0 heterocycles. The maximum atomic E-state index is 11.8. The van der Waals surface area contributed by atoms with E-state index < -0.39 is 0 Å². The topological polar surface area (TPSA) is 126 Å². The molecule has 0 radical (unpaired) electrons. The Morgan fingerprint density at radius 2 is 0.683 bits per heavy atom. The van der Waals surface area contributed by atoms with Crippen molar-refractivity contribution in [2.75, 3.05) is 13.2 Å². The summed E-state index contributed by atoms with van der Waals surface area (Å²) in [5.41, 5.74) is 2.10. The van der Waals surface area contributed by atoms with E-state index in [1.54, 1.807) is 111 Å². The summed E-state index contributed by atoms with van der Waals surface area (Å²) in [5, 5.41) is 41.4. The number of carbonyl (C=O) groups excluding carboxylic acids is 2. The third kappa shape index (κ3) is 15.3. The summed E-state index contributed by atoms with van der Waals surface area (Å²) in [4.78, 5) is 23.5. The Kier molecular flexibility index (Phi) is 20.5. The van der Waals surface area contributed by atoms with E-state index in [2.05, 4.69) is 0 Å². The van der Waals surface area contributed by atoms with Gasteiger partial charge in [-0.15, -0.1) is 13.2 Å². The minimum atomic E-state index is -0.264. The summed E-state index contributed by atoms with van der Waals surface area (Å²) in [7, 11) is 0. The minimum Gasteiger partial charge on any atom is -0.872 e. The van der Waals surface area contributed by atoms with Crippen molar-refractivity contribution in [2.45, 2.75) is 13.8 Å². The second-order valence-corrected chi connectivity index (χ2v) is 7.79. The molecule has 4 rings (SSSR count). The molecule has 6 nitrogen and oxygen atoms in total. The molecule has 7 heteroatoms. The molecule has 4 aromatic rings. The van der Waals surface area contributed by atoms with Crippen molar-refractivity contribution >= 4 is 23.1 Å². The molecule has 4 aromatic carbocycles. The molecule has 0 amide bonds. The van der Waals surface area contributed by atoms with Crippen LogP contribution in [0.25, 0.3) is 11.5 Å². The molecule has 41 heavy (non-hydrogen) atoms. The predicted molar refractivity (Wildman–Crippen MR) is 151 cm³/mol. The number of carbonyl (C=O) groups is 2. The molecule has 0 fully saturated rings. The van der Waals surface area contributed by atoms with Gasteiger partial charge in [-0.25, -0.2) is 0 Å². The van der Waals surface area contributed by atoms with Gasteiger partial charge in [-0.1, -0.05) is 147 Å². The molecule has 0 spiro atoms. The Bertz CT molecular complexity index is 1200. The van der Waals surface area contributed by atoms with Crippen LogP contribution in [0.5, 0.6) is 0 Å². The SMILES string of the molecule is CC[O-].CC[O-].O=C(/C=C(\[O-])c1ccccc1)c1ccccc1.O=C(/C=C(\[O-])c1ccccc1)c1ccccc1.[Ti]. The molecular weight excluding hydrogens is 552 g/mol. The van der Waals surface area contributed by atoms with Gasteiger partial charge in [0.25, 0.3) is 0 Å². The van der Waals surface area contributed by atoms with E-state index in [1.807, 2.05) is 24.3 Å². The van der Waals surface area contributed by atoms with Crippen molar-refractivity contribution < 1.29 is 51.7 Å². The summed E-state index contributed by atoms with van der Waals surface area (Å²) < 4.78 is 0. The van der Waals surface area contributed by atoms with Crippen LogP contribution in [0.4, 0.5) is 0 Å². The molecule has 0 aliphatic heterocycles. The number of rotatable bonds is 6. The van der Waals surface area contributed by atoms with Gasteiger partial charge in [-0.05, 0) is 23.3 Å². The fraction of sp³-hybridized carbons (Fsp3) is 0.118. The van der Waals surface area contributed by atoms with Crippen molar-refractivity contribution in [3.63, 3.8) is 0 Å². The Balaban J connectivity index is 0.000000642. The van der Waals surface area contributed by atoms with Crippen LogP contribution >= 0.6 is 0 Å². The van der Waals surface area contributed by atoms with E-state index in [9.17, 15) is 19.8 Å². The van der Waals surface area contributed by atoms with Crippen LogP contribution in [0.1, 0.15) is 45.7 Å². The van der Waals surface area contributed by atoms with Crippen LogP contribution in [0.2, 0.25) is 0 Å². The monoisotopic (exact) mass is 584 g/mol. The van der Waals surface area contributed by atoms with Crippen LogP contribution in [0.15, 0.2) is 133 Å². The normalized spacial score (nSPS) is 10.1. The van der Waals surface area contributed by atoms with Crippen molar-refractivity contribution in [1.29, 1.82) is 0 Å². The van der Waals surface area contributed by atoms with E-state index in [-0.39, 0.29) is 58.0 Å². The Morgan fingerprint density at radius 3 is 0.902 bits per heavy atom. The van der Waals surface area contributed by atoms with Gasteiger partial charge in [0, 0.05) is 32.8 Å². The van der Waals surface area contributed by atoms with Crippen molar-refractivity contribution in [3.8, 4) is 0 Å².